The van der Waals surface area contributed by atoms with Crippen molar-refractivity contribution < 1.29 is 17.9 Å². The van der Waals surface area contributed by atoms with Crippen LogP contribution in [-0.4, -0.2) is 46.6 Å². The predicted molar refractivity (Wildman–Crippen MR) is 84.8 cm³/mol. The Kier molecular flexibility index (Phi) is 4.99. The van der Waals surface area contributed by atoms with Crippen molar-refractivity contribution in [1.82, 2.24) is 4.31 Å². The van der Waals surface area contributed by atoms with Gasteiger partial charge in [0.1, 0.15) is 0 Å². The number of methoxy groups -OCH3 is 2. The van der Waals surface area contributed by atoms with Crippen LogP contribution in [-0.2, 0) is 10.0 Å². The highest BCUT2D eigenvalue weighted by Gasteiger charge is 2.38. The minimum atomic E-state index is -3.63. The van der Waals surface area contributed by atoms with Gasteiger partial charge in [0.05, 0.1) is 19.1 Å². The first-order valence-electron chi connectivity index (χ1n) is 7.27. The van der Waals surface area contributed by atoms with E-state index in [0.29, 0.717) is 29.5 Å². The second-order valence-corrected chi connectivity index (χ2v) is 7.60. The molecule has 1 aromatic rings. The fraction of sp³-hybridized carbons (Fsp3) is 0.600. The number of hydrogen-bond donors (Lipinski definition) is 1. The van der Waals surface area contributed by atoms with Gasteiger partial charge in [-0.3, -0.25) is 0 Å². The number of rotatable bonds is 7. The molecule has 0 amide bonds. The second-order valence-electron chi connectivity index (χ2n) is 5.63. The zero-order valence-electron chi connectivity index (χ0n) is 13.5. The highest BCUT2D eigenvalue weighted by atomic mass is 32.2. The van der Waals surface area contributed by atoms with Crippen molar-refractivity contribution in [2.75, 3.05) is 27.8 Å². The quantitative estimate of drug-likeness (QED) is 0.817. The van der Waals surface area contributed by atoms with E-state index in [1.54, 1.807) is 20.0 Å². The zero-order chi connectivity index (χ0) is 16.5. The van der Waals surface area contributed by atoms with Crippen molar-refractivity contribution in [2.24, 2.45) is 11.7 Å². The highest BCUT2D eigenvalue weighted by Crippen LogP contribution is 2.38. The zero-order valence-corrected chi connectivity index (χ0v) is 14.3. The number of hydrogen-bond acceptors (Lipinski definition) is 5. The average Bonchev–Trinajstić information content (AvgIpc) is 3.32. The predicted octanol–water partition coefficient (Wildman–Crippen LogP) is 1.37. The Hall–Kier alpha value is -1.31. The van der Waals surface area contributed by atoms with Crippen LogP contribution in [0.4, 0.5) is 0 Å². The van der Waals surface area contributed by atoms with E-state index in [1.807, 2.05) is 0 Å². The summed E-state index contributed by atoms with van der Waals surface area (Å²) in [5.74, 6) is 1.28. The molecule has 0 spiro atoms. The maximum absolute atomic E-state index is 12.9. The molecular formula is C15H24N2O4S. The van der Waals surface area contributed by atoms with Gasteiger partial charge in [-0.1, -0.05) is 0 Å². The summed E-state index contributed by atoms with van der Waals surface area (Å²) in [5, 5.41) is 0. The highest BCUT2D eigenvalue weighted by molar-refractivity contribution is 7.89. The normalized spacial score (nSPS) is 16.6. The lowest BCUT2D eigenvalue weighted by molar-refractivity contribution is 0.338. The van der Waals surface area contributed by atoms with Crippen molar-refractivity contribution in [1.29, 1.82) is 0 Å². The van der Waals surface area contributed by atoms with Crippen LogP contribution < -0.4 is 15.2 Å². The first-order chi connectivity index (χ1) is 10.4. The molecule has 0 radical (unpaired) electrons. The van der Waals surface area contributed by atoms with E-state index in [1.165, 1.54) is 24.6 Å². The molecule has 0 aromatic heterocycles. The van der Waals surface area contributed by atoms with Gasteiger partial charge in [0, 0.05) is 25.7 Å². The van der Waals surface area contributed by atoms with Crippen LogP contribution in [0.15, 0.2) is 17.0 Å². The van der Waals surface area contributed by atoms with Crippen molar-refractivity contribution in [2.45, 2.75) is 30.7 Å². The number of aryl methyl sites for hydroxylation is 1. The van der Waals surface area contributed by atoms with E-state index in [0.717, 1.165) is 12.8 Å². The van der Waals surface area contributed by atoms with Gasteiger partial charge in [0.15, 0.2) is 11.5 Å². The van der Waals surface area contributed by atoms with E-state index < -0.39 is 10.0 Å². The van der Waals surface area contributed by atoms with Gasteiger partial charge in [-0.15, -0.1) is 0 Å². The average molecular weight is 328 g/mol. The molecule has 0 aliphatic heterocycles. The molecule has 7 heteroatoms. The minimum Gasteiger partial charge on any atom is -0.493 e. The summed E-state index contributed by atoms with van der Waals surface area (Å²) >= 11 is 0. The fourth-order valence-electron chi connectivity index (χ4n) is 2.69. The van der Waals surface area contributed by atoms with Gasteiger partial charge in [0.25, 0.3) is 0 Å². The first kappa shape index (κ1) is 17.1. The Morgan fingerprint density at radius 1 is 1.27 bits per heavy atom. The van der Waals surface area contributed by atoms with E-state index in [2.05, 4.69) is 0 Å². The molecule has 0 heterocycles. The molecular weight excluding hydrogens is 304 g/mol. The van der Waals surface area contributed by atoms with Crippen molar-refractivity contribution in [3.8, 4) is 11.5 Å². The topological polar surface area (TPSA) is 81.9 Å². The van der Waals surface area contributed by atoms with E-state index in [4.69, 9.17) is 15.2 Å². The number of benzene rings is 1. The number of nitrogens with two attached hydrogens (primary N) is 1. The van der Waals surface area contributed by atoms with Crippen LogP contribution in [0.1, 0.15) is 18.4 Å². The monoisotopic (exact) mass is 328 g/mol. The largest absolute Gasteiger partial charge is 0.493 e. The van der Waals surface area contributed by atoms with Gasteiger partial charge < -0.3 is 15.2 Å². The standard InChI is InChI=1S/C15H24N2O4S/c1-10-7-13(20-3)14(21-4)8-15(10)22(18,19)17(2)12(9-16)11-5-6-11/h7-8,11-12H,5-6,9,16H2,1-4H3. The number of nitrogens with zero attached hydrogens (tertiary/aromatic N) is 1. The molecule has 124 valence electrons. The molecule has 1 saturated carbocycles. The molecule has 1 unspecified atom stereocenters. The van der Waals surface area contributed by atoms with Crippen LogP contribution >= 0.6 is 0 Å². The Morgan fingerprint density at radius 2 is 1.82 bits per heavy atom. The van der Waals surface area contributed by atoms with Crippen LogP contribution in [0.2, 0.25) is 0 Å². The Labute approximate surface area is 132 Å². The Bertz CT molecular complexity index is 641. The first-order valence-corrected chi connectivity index (χ1v) is 8.71. The summed E-state index contributed by atoms with van der Waals surface area (Å²) in [6.07, 6.45) is 2.07. The van der Waals surface area contributed by atoms with Gasteiger partial charge in [-0.05, 0) is 37.3 Å². The lowest BCUT2D eigenvalue weighted by atomic mass is 10.2. The summed E-state index contributed by atoms with van der Waals surface area (Å²) in [4.78, 5) is 0.228. The summed E-state index contributed by atoms with van der Waals surface area (Å²) in [7, 11) is 0.982. The maximum atomic E-state index is 12.9. The van der Waals surface area contributed by atoms with Crippen LogP contribution in [0.3, 0.4) is 0 Å². The fourth-order valence-corrected chi connectivity index (χ4v) is 4.34. The summed E-state index contributed by atoms with van der Waals surface area (Å²) in [6.45, 7) is 2.07. The van der Waals surface area contributed by atoms with Crippen molar-refractivity contribution in [3.63, 3.8) is 0 Å². The molecule has 22 heavy (non-hydrogen) atoms. The molecule has 1 aromatic carbocycles. The van der Waals surface area contributed by atoms with Gasteiger partial charge in [0.2, 0.25) is 10.0 Å². The Balaban J connectivity index is 2.44. The van der Waals surface area contributed by atoms with Gasteiger partial charge >= 0.3 is 0 Å². The van der Waals surface area contributed by atoms with Crippen molar-refractivity contribution >= 4 is 10.0 Å². The van der Waals surface area contributed by atoms with Crippen LogP contribution in [0.25, 0.3) is 0 Å². The van der Waals surface area contributed by atoms with E-state index >= 15 is 0 Å². The van der Waals surface area contributed by atoms with Crippen molar-refractivity contribution in [3.05, 3.63) is 17.7 Å². The lowest BCUT2D eigenvalue weighted by Crippen LogP contribution is -2.43. The Morgan fingerprint density at radius 3 is 2.27 bits per heavy atom. The molecule has 1 atom stereocenters. The molecule has 2 rings (SSSR count). The molecule has 2 N–H and O–H groups in total. The van der Waals surface area contributed by atoms with Crippen LogP contribution in [0.5, 0.6) is 11.5 Å². The molecule has 1 fully saturated rings. The molecule has 1 aliphatic rings. The van der Waals surface area contributed by atoms with Gasteiger partial charge in [-0.25, -0.2) is 8.42 Å². The molecule has 0 bridgehead atoms. The summed E-state index contributed by atoms with van der Waals surface area (Å²) < 4.78 is 37.7. The van der Waals surface area contributed by atoms with Gasteiger partial charge in [-0.2, -0.15) is 4.31 Å². The minimum absolute atomic E-state index is 0.155. The maximum Gasteiger partial charge on any atom is 0.243 e. The second kappa shape index (κ2) is 6.44. The molecule has 0 saturated heterocycles. The number of ether oxygens (including phenoxy) is 2. The molecule has 6 nitrogen and oxygen atoms in total. The number of likely N-dealkylation sites (N-methyl/N-ethyl adjacent to an activating group) is 1. The lowest BCUT2D eigenvalue weighted by Gasteiger charge is -2.27. The smallest absolute Gasteiger partial charge is 0.243 e. The summed E-state index contributed by atoms with van der Waals surface area (Å²) in [6, 6.07) is 3.03. The SMILES string of the molecule is COc1cc(C)c(S(=O)(=O)N(C)C(CN)C2CC2)cc1OC. The number of sulfonamides is 1. The third kappa shape index (κ3) is 3.06. The van der Waals surface area contributed by atoms with E-state index in [-0.39, 0.29) is 10.9 Å². The van der Waals surface area contributed by atoms with E-state index in [9.17, 15) is 8.42 Å². The van der Waals surface area contributed by atoms with Crippen LogP contribution in [0, 0.1) is 12.8 Å². The third-order valence-corrected chi connectivity index (χ3v) is 6.24. The third-order valence-electron chi connectivity index (χ3n) is 4.21. The summed E-state index contributed by atoms with van der Waals surface area (Å²) in [5.41, 5.74) is 6.40. The molecule has 1 aliphatic carbocycles.